The predicted octanol–water partition coefficient (Wildman–Crippen LogP) is 3.36. The summed E-state index contributed by atoms with van der Waals surface area (Å²) in [5.41, 5.74) is 3.21. The molecule has 0 aliphatic heterocycles. The molecule has 0 radical (unpaired) electrons. The Hall–Kier alpha value is -1.20. The van der Waals surface area contributed by atoms with E-state index in [2.05, 4.69) is 47.3 Å². The molecule has 0 aromatic carbocycles. The van der Waals surface area contributed by atoms with Crippen LogP contribution in [0.3, 0.4) is 0 Å². The molecule has 0 bridgehead atoms. The van der Waals surface area contributed by atoms with Crippen LogP contribution in [0.4, 0.5) is 0 Å². The summed E-state index contributed by atoms with van der Waals surface area (Å²) in [5.74, 6) is 0. The first kappa shape index (κ1) is 14.2. The van der Waals surface area contributed by atoms with E-state index in [-0.39, 0.29) is 0 Å². The van der Waals surface area contributed by atoms with Crippen LogP contribution in [0.15, 0.2) is 12.5 Å². The Balaban J connectivity index is 2.08. The topological polar surface area (TPSA) is 39.9 Å². The van der Waals surface area contributed by atoms with Crippen LogP contribution in [0.2, 0.25) is 25.7 Å². The molecule has 0 unspecified atom stereocenters. The Morgan fingerprint density at radius 3 is 2.63 bits per heavy atom. The molecule has 2 aromatic heterocycles. The number of rotatable bonds is 5. The zero-order valence-electron chi connectivity index (χ0n) is 12.5. The van der Waals surface area contributed by atoms with E-state index in [0.717, 1.165) is 23.3 Å². The van der Waals surface area contributed by atoms with Gasteiger partial charge in [-0.25, -0.2) is 9.97 Å². The first-order chi connectivity index (χ1) is 8.88. The van der Waals surface area contributed by atoms with Gasteiger partial charge in [0.05, 0.1) is 5.69 Å². The lowest BCUT2D eigenvalue weighted by Crippen LogP contribution is -2.22. The fourth-order valence-corrected chi connectivity index (χ4v) is 2.90. The Bertz CT molecular complexity index is 572. The lowest BCUT2D eigenvalue weighted by atomic mass is 10.2. The van der Waals surface area contributed by atoms with Crippen molar-refractivity contribution in [1.82, 2.24) is 14.5 Å². The molecular weight excluding hydrogens is 254 g/mol. The van der Waals surface area contributed by atoms with Gasteiger partial charge in [0.15, 0.2) is 0 Å². The number of ether oxygens (including phenoxy) is 1. The quantitative estimate of drug-likeness (QED) is 0.621. The molecule has 2 rings (SSSR count). The summed E-state index contributed by atoms with van der Waals surface area (Å²) in [7, 11) is -1.01. The van der Waals surface area contributed by atoms with Gasteiger partial charge in [0.25, 0.3) is 0 Å². The predicted molar refractivity (Wildman–Crippen MR) is 81.1 cm³/mol. The van der Waals surface area contributed by atoms with Crippen molar-refractivity contribution in [2.24, 2.45) is 0 Å². The highest BCUT2D eigenvalue weighted by molar-refractivity contribution is 6.76. The molecule has 0 fully saturated rings. The molecule has 19 heavy (non-hydrogen) atoms. The molecule has 0 saturated heterocycles. The van der Waals surface area contributed by atoms with Crippen LogP contribution in [0.5, 0.6) is 0 Å². The van der Waals surface area contributed by atoms with Gasteiger partial charge in [-0.05, 0) is 25.5 Å². The Morgan fingerprint density at radius 1 is 1.21 bits per heavy atom. The second-order valence-electron chi connectivity index (χ2n) is 6.29. The van der Waals surface area contributed by atoms with E-state index < -0.39 is 8.07 Å². The minimum atomic E-state index is -1.01. The molecule has 0 N–H and O–H groups in total. The van der Waals surface area contributed by atoms with Gasteiger partial charge in [-0.15, -0.1) is 0 Å². The van der Waals surface area contributed by atoms with Gasteiger partial charge in [0.1, 0.15) is 18.7 Å². The maximum absolute atomic E-state index is 5.79. The fourth-order valence-electron chi connectivity index (χ4n) is 2.14. The van der Waals surface area contributed by atoms with Gasteiger partial charge in [-0.1, -0.05) is 19.6 Å². The maximum atomic E-state index is 5.79. The van der Waals surface area contributed by atoms with E-state index in [1.807, 2.05) is 6.92 Å². The first-order valence-electron chi connectivity index (χ1n) is 6.73. The fraction of sp³-hybridized carbons (Fsp3) is 0.571. The van der Waals surface area contributed by atoms with Crippen molar-refractivity contribution in [2.45, 2.75) is 46.3 Å². The molecule has 2 aromatic rings. The number of hydrogen-bond donors (Lipinski definition) is 0. The van der Waals surface area contributed by atoms with E-state index in [4.69, 9.17) is 4.74 Å². The number of hydrogen-bond acceptors (Lipinski definition) is 3. The van der Waals surface area contributed by atoms with Crippen LogP contribution in [0, 0.1) is 13.8 Å². The molecule has 0 saturated carbocycles. The lowest BCUT2D eigenvalue weighted by molar-refractivity contribution is 0.0898. The molecular formula is C14H23N3OSi. The number of aromatic nitrogens is 3. The molecule has 104 valence electrons. The average molecular weight is 277 g/mol. The zero-order valence-corrected chi connectivity index (χ0v) is 13.5. The zero-order chi connectivity index (χ0) is 14.0. The molecule has 2 heterocycles. The summed E-state index contributed by atoms with van der Waals surface area (Å²) in [6.45, 7) is 12.6. The van der Waals surface area contributed by atoms with Gasteiger partial charge in [-0.2, -0.15) is 0 Å². The second-order valence-corrected chi connectivity index (χ2v) is 11.9. The van der Waals surface area contributed by atoms with Crippen molar-refractivity contribution in [3.05, 3.63) is 23.8 Å². The minimum absolute atomic E-state index is 0.575. The van der Waals surface area contributed by atoms with Gasteiger partial charge in [0.2, 0.25) is 0 Å². The summed E-state index contributed by atoms with van der Waals surface area (Å²) in [4.78, 5) is 8.62. The summed E-state index contributed by atoms with van der Waals surface area (Å²) >= 11 is 0. The Labute approximate surface area is 115 Å². The van der Waals surface area contributed by atoms with Gasteiger partial charge in [-0.3, -0.25) is 0 Å². The molecule has 5 heteroatoms. The van der Waals surface area contributed by atoms with Gasteiger partial charge < -0.3 is 9.30 Å². The van der Waals surface area contributed by atoms with E-state index >= 15 is 0 Å². The standard InChI is InChI=1S/C14H23N3OSi/c1-11-8-17(10-18-6-7-19(3,4)5)14-13(11)12(2)15-9-16-14/h8-9H,6-7,10H2,1-5H3. The largest absolute Gasteiger partial charge is 0.361 e. The highest BCUT2D eigenvalue weighted by Gasteiger charge is 2.13. The molecule has 0 atom stereocenters. The van der Waals surface area contributed by atoms with Crippen LogP contribution in [-0.2, 0) is 11.5 Å². The number of nitrogens with zero attached hydrogens (tertiary/aromatic N) is 3. The lowest BCUT2D eigenvalue weighted by Gasteiger charge is -2.15. The van der Waals surface area contributed by atoms with Crippen LogP contribution in [0.25, 0.3) is 11.0 Å². The minimum Gasteiger partial charge on any atom is -0.361 e. The maximum Gasteiger partial charge on any atom is 0.145 e. The third kappa shape index (κ3) is 3.42. The van der Waals surface area contributed by atoms with Crippen molar-refractivity contribution in [1.29, 1.82) is 0 Å². The molecule has 4 nitrogen and oxygen atoms in total. The second kappa shape index (κ2) is 5.42. The van der Waals surface area contributed by atoms with Crippen molar-refractivity contribution in [3.63, 3.8) is 0 Å². The average Bonchev–Trinajstić information content (AvgIpc) is 2.62. The molecule has 0 aliphatic rings. The SMILES string of the molecule is Cc1cn(COCC[Si](C)(C)C)c2ncnc(C)c12. The molecule has 0 amide bonds. The van der Waals surface area contributed by atoms with Crippen LogP contribution in [-0.4, -0.2) is 29.2 Å². The summed E-state index contributed by atoms with van der Waals surface area (Å²) < 4.78 is 7.87. The summed E-state index contributed by atoms with van der Waals surface area (Å²) in [6, 6.07) is 1.19. The summed E-state index contributed by atoms with van der Waals surface area (Å²) in [5, 5.41) is 1.15. The summed E-state index contributed by atoms with van der Waals surface area (Å²) in [6.07, 6.45) is 3.72. The van der Waals surface area contributed by atoms with Gasteiger partial charge >= 0.3 is 0 Å². The first-order valence-corrected chi connectivity index (χ1v) is 10.4. The highest BCUT2D eigenvalue weighted by Crippen LogP contribution is 2.20. The van der Waals surface area contributed by atoms with Crippen molar-refractivity contribution < 1.29 is 4.74 Å². The Kier molecular flexibility index (Phi) is 4.06. The number of fused-ring (bicyclic) bond motifs is 1. The highest BCUT2D eigenvalue weighted by atomic mass is 28.3. The monoisotopic (exact) mass is 277 g/mol. The third-order valence-corrected chi connectivity index (χ3v) is 4.96. The van der Waals surface area contributed by atoms with Crippen LogP contribution >= 0.6 is 0 Å². The van der Waals surface area contributed by atoms with E-state index in [9.17, 15) is 0 Å². The van der Waals surface area contributed by atoms with E-state index in [1.165, 1.54) is 11.6 Å². The van der Waals surface area contributed by atoms with E-state index in [0.29, 0.717) is 6.73 Å². The molecule has 0 spiro atoms. The van der Waals surface area contributed by atoms with Gasteiger partial charge in [0, 0.05) is 26.3 Å². The van der Waals surface area contributed by atoms with E-state index in [1.54, 1.807) is 6.33 Å². The van der Waals surface area contributed by atoms with Crippen molar-refractivity contribution in [3.8, 4) is 0 Å². The third-order valence-electron chi connectivity index (χ3n) is 3.26. The normalized spacial score (nSPS) is 12.3. The smallest absolute Gasteiger partial charge is 0.145 e. The van der Waals surface area contributed by atoms with Crippen molar-refractivity contribution >= 4 is 19.1 Å². The molecule has 0 aliphatic carbocycles. The van der Waals surface area contributed by atoms with Crippen LogP contribution < -0.4 is 0 Å². The number of aryl methyl sites for hydroxylation is 2. The Morgan fingerprint density at radius 2 is 1.95 bits per heavy atom. The van der Waals surface area contributed by atoms with Crippen LogP contribution in [0.1, 0.15) is 11.3 Å². The van der Waals surface area contributed by atoms with Crippen molar-refractivity contribution in [2.75, 3.05) is 6.61 Å².